The van der Waals surface area contributed by atoms with E-state index < -0.39 is 5.97 Å². The molecule has 0 bridgehead atoms. The number of nitrogens with zero attached hydrogens (tertiary/aromatic N) is 2. The summed E-state index contributed by atoms with van der Waals surface area (Å²) in [6, 6.07) is 7.33. The van der Waals surface area contributed by atoms with Crippen molar-refractivity contribution in [1.82, 2.24) is 9.80 Å². The summed E-state index contributed by atoms with van der Waals surface area (Å²) in [7, 11) is 0. The van der Waals surface area contributed by atoms with Crippen LogP contribution in [0.25, 0.3) is 11.0 Å². The Hall–Kier alpha value is -1.85. The van der Waals surface area contributed by atoms with Gasteiger partial charge in [0.25, 0.3) is 0 Å². The van der Waals surface area contributed by atoms with E-state index in [1.165, 1.54) is 0 Å². The van der Waals surface area contributed by atoms with Gasteiger partial charge >= 0.3 is 5.97 Å². The van der Waals surface area contributed by atoms with Crippen molar-refractivity contribution in [3.05, 3.63) is 35.6 Å². The molecule has 2 aromatic rings. The molecule has 2 heterocycles. The number of hydrogen-bond donors (Lipinski definition) is 1. The average Bonchev–Trinajstić information content (AvgIpc) is 2.86. The van der Waals surface area contributed by atoms with Gasteiger partial charge < -0.3 is 14.4 Å². The normalized spacial score (nSPS) is 17.4. The van der Waals surface area contributed by atoms with Gasteiger partial charge in [-0.2, -0.15) is 0 Å². The summed E-state index contributed by atoms with van der Waals surface area (Å²) >= 11 is 0. The van der Waals surface area contributed by atoms with Crippen LogP contribution in [-0.2, 0) is 6.54 Å². The van der Waals surface area contributed by atoms with E-state index in [2.05, 4.69) is 16.7 Å². The third-order valence-corrected chi connectivity index (χ3v) is 4.16. The molecule has 1 aliphatic rings. The van der Waals surface area contributed by atoms with Crippen molar-refractivity contribution in [2.45, 2.75) is 13.5 Å². The van der Waals surface area contributed by atoms with Gasteiger partial charge in [0, 0.05) is 31.6 Å². The monoisotopic (exact) mass is 288 g/mol. The molecule has 0 spiro atoms. The molecule has 0 saturated carbocycles. The van der Waals surface area contributed by atoms with Gasteiger partial charge in [0.2, 0.25) is 0 Å². The molecule has 1 fully saturated rings. The molecular formula is C16H20N2O3. The molecule has 0 radical (unpaired) electrons. The Kier molecular flexibility index (Phi) is 3.94. The van der Waals surface area contributed by atoms with Crippen LogP contribution in [-0.4, -0.2) is 53.6 Å². The summed E-state index contributed by atoms with van der Waals surface area (Å²) in [4.78, 5) is 16.2. The SMILES string of the molecule is CCN1CCN(Cc2oc3ccccc3c2C(=O)O)CC1. The molecule has 112 valence electrons. The first-order valence-corrected chi connectivity index (χ1v) is 7.37. The van der Waals surface area contributed by atoms with Gasteiger partial charge in [0.15, 0.2) is 0 Å². The minimum atomic E-state index is -0.915. The number of piperazine rings is 1. The highest BCUT2D eigenvalue weighted by Crippen LogP contribution is 2.27. The Morgan fingerprint density at radius 3 is 2.52 bits per heavy atom. The molecule has 5 nitrogen and oxygen atoms in total. The number of carbonyl (C=O) groups is 1. The molecule has 1 N–H and O–H groups in total. The second-order valence-corrected chi connectivity index (χ2v) is 5.41. The fraction of sp³-hybridized carbons (Fsp3) is 0.438. The second-order valence-electron chi connectivity index (χ2n) is 5.41. The lowest BCUT2D eigenvalue weighted by Gasteiger charge is -2.33. The van der Waals surface area contributed by atoms with Gasteiger partial charge in [-0.1, -0.05) is 25.1 Å². The van der Waals surface area contributed by atoms with E-state index in [9.17, 15) is 9.90 Å². The van der Waals surface area contributed by atoms with Crippen molar-refractivity contribution < 1.29 is 14.3 Å². The molecule has 0 unspecified atom stereocenters. The lowest BCUT2D eigenvalue weighted by atomic mass is 10.1. The molecule has 1 aliphatic heterocycles. The van der Waals surface area contributed by atoms with Crippen molar-refractivity contribution in [2.75, 3.05) is 32.7 Å². The largest absolute Gasteiger partial charge is 0.478 e. The summed E-state index contributed by atoms with van der Waals surface area (Å²) in [5, 5.41) is 10.2. The van der Waals surface area contributed by atoms with Crippen LogP contribution in [0.15, 0.2) is 28.7 Å². The van der Waals surface area contributed by atoms with Gasteiger partial charge in [-0.3, -0.25) is 4.90 Å². The Morgan fingerprint density at radius 2 is 1.86 bits per heavy atom. The van der Waals surface area contributed by atoms with Crippen LogP contribution in [0, 0.1) is 0 Å². The third-order valence-electron chi connectivity index (χ3n) is 4.16. The minimum absolute atomic E-state index is 0.309. The molecular weight excluding hydrogens is 268 g/mol. The van der Waals surface area contributed by atoms with E-state index >= 15 is 0 Å². The Bertz CT molecular complexity index is 642. The summed E-state index contributed by atoms with van der Waals surface area (Å²) in [5.41, 5.74) is 0.959. The minimum Gasteiger partial charge on any atom is -0.478 e. The van der Waals surface area contributed by atoms with Gasteiger partial charge in [-0.25, -0.2) is 4.79 Å². The topological polar surface area (TPSA) is 56.9 Å². The number of furan rings is 1. The Labute approximate surface area is 123 Å². The van der Waals surface area contributed by atoms with Crippen molar-refractivity contribution in [1.29, 1.82) is 0 Å². The van der Waals surface area contributed by atoms with Crippen LogP contribution in [0.2, 0.25) is 0 Å². The quantitative estimate of drug-likeness (QED) is 0.935. The zero-order valence-electron chi connectivity index (χ0n) is 12.2. The summed E-state index contributed by atoms with van der Waals surface area (Å²) < 4.78 is 5.78. The number of para-hydroxylation sites is 1. The standard InChI is InChI=1S/C16H20N2O3/c1-2-17-7-9-18(10-8-17)11-14-15(16(19)20)12-5-3-4-6-13(12)21-14/h3-6H,2,7-11H2,1H3,(H,19,20). The van der Waals surface area contributed by atoms with Crippen LogP contribution in [0.4, 0.5) is 0 Å². The van der Waals surface area contributed by atoms with Crippen LogP contribution < -0.4 is 0 Å². The molecule has 1 saturated heterocycles. The fourth-order valence-corrected chi connectivity index (χ4v) is 2.91. The van der Waals surface area contributed by atoms with Crippen molar-refractivity contribution in [3.8, 4) is 0 Å². The van der Waals surface area contributed by atoms with Gasteiger partial charge in [-0.05, 0) is 12.6 Å². The number of likely N-dealkylation sites (N-methyl/N-ethyl adjacent to an activating group) is 1. The van der Waals surface area contributed by atoms with E-state index in [0.717, 1.165) is 32.7 Å². The average molecular weight is 288 g/mol. The lowest BCUT2D eigenvalue weighted by Crippen LogP contribution is -2.45. The summed E-state index contributed by atoms with van der Waals surface area (Å²) in [5.74, 6) is -0.351. The van der Waals surface area contributed by atoms with Gasteiger partial charge in [-0.15, -0.1) is 0 Å². The van der Waals surface area contributed by atoms with E-state index in [1.54, 1.807) is 6.07 Å². The zero-order chi connectivity index (χ0) is 14.8. The van der Waals surface area contributed by atoms with Crippen molar-refractivity contribution >= 4 is 16.9 Å². The molecule has 0 amide bonds. The van der Waals surface area contributed by atoms with Gasteiger partial charge in [0.1, 0.15) is 16.9 Å². The zero-order valence-corrected chi connectivity index (χ0v) is 12.2. The highest BCUT2D eigenvalue weighted by molar-refractivity contribution is 6.03. The molecule has 1 aromatic heterocycles. The molecule has 0 aliphatic carbocycles. The predicted molar refractivity (Wildman–Crippen MR) is 80.6 cm³/mol. The lowest BCUT2D eigenvalue weighted by molar-refractivity contribution is 0.0692. The number of carboxylic acid groups (broad SMARTS) is 1. The highest BCUT2D eigenvalue weighted by Gasteiger charge is 2.23. The first-order valence-electron chi connectivity index (χ1n) is 7.37. The molecule has 21 heavy (non-hydrogen) atoms. The van der Waals surface area contributed by atoms with E-state index in [1.807, 2.05) is 18.2 Å². The predicted octanol–water partition coefficient (Wildman–Crippen LogP) is 2.27. The molecule has 1 aromatic carbocycles. The van der Waals surface area contributed by atoms with Crippen molar-refractivity contribution in [3.63, 3.8) is 0 Å². The smallest absolute Gasteiger partial charge is 0.339 e. The van der Waals surface area contributed by atoms with E-state index in [0.29, 0.717) is 28.8 Å². The van der Waals surface area contributed by atoms with Crippen molar-refractivity contribution in [2.24, 2.45) is 0 Å². The van der Waals surface area contributed by atoms with E-state index in [-0.39, 0.29) is 0 Å². The first-order chi connectivity index (χ1) is 10.2. The fourth-order valence-electron chi connectivity index (χ4n) is 2.91. The second kappa shape index (κ2) is 5.87. The number of carboxylic acids is 1. The summed E-state index contributed by atoms with van der Waals surface area (Å²) in [6.07, 6.45) is 0. The highest BCUT2D eigenvalue weighted by atomic mass is 16.4. The van der Waals surface area contributed by atoms with Crippen LogP contribution in [0.3, 0.4) is 0 Å². The third kappa shape index (κ3) is 2.80. The Balaban J connectivity index is 1.84. The Morgan fingerprint density at radius 1 is 1.19 bits per heavy atom. The number of rotatable bonds is 4. The maximum absolute atomic E-state index is 11.6. The number of hydrogen-bond acceptors (Lipinski definition) is 4. The number of aromatic carboxylic acids is 1. The van der Waals surface area contributed by atoms with Crippen LogP contribution >= 0.6 is 0 Å². The number of fused-ring (bicyclic) bond motifs is 1. The van der Waals surface area contributed by atoms with Crippen LogP contribution in [0.1, 0.15) is 23.0 Å². The molecule has 3 rings (SSSR count). The number of benzene rings is 1. The molecule has 0 atom stereocenters. The van der Waals surface area contributed by atoms with Gasteiger partial charge in [0.05, 0.1) is 6.54 Å². The maximum atomic E-state index is 11.6. The van der Waals surface area contributed by atoms with E-state index in [4.69, 9.17) is 4.42 Å². The molecule has 5 heteroatoms. The maximum Gasteiger partial charge on any atom is 0.339 e. The summed E-state index contributed by atoms with van der Waals surface area (Å²) in [6.45, 7) is 7.75. The van der Waals surface area contributed by atoms with Crippen LogP contribution in [0.5, 0.6) is 0 Å². The first kappa shape index (κ1) is 14.1.